The van der Waals surface area contributed by atoms with Crippen LogP contribution in [0.1, 0.15) is 35.2 Å². The van der Waals surface area contributed by atoms with E-state index in [1.54, 1.807) is 29.2 Å². The molecule has 0 bridgehead atoms. The van der Waals surface area contributed by atoms with Gasteiger partial charge >= 0.3 is 0 Å². The summed E-state index contributed by atoms with van der Waals surface area (Å²) in [5.74, 6) is -0.244. The van der Waals surface area contributed by atoms with Gasteiger partial charge in [0.2, 0.25) is 10.0 Å². The average molecular weight is 370 g/mol. The number of piperidine rings is 1. The predicted molar refractivity (Wildman–Crippen MR) is 101 cm³/mol. The van der Waals surface area contributed by atoms with Crippen molar-refractivity contribution >= 4 is 21.6 Å². The largest absolute Gasteiger partial charge is 0.308 e. The van der Waals surface area contributed by atoms with E-state index in [1.807, 2.05) is 24.3 Å². The molecule has 1 amide bonds. The normalized spacial score (nSPS) is 17.9. The highest BCUT2D eigenvalue weighted by Gasteiger charge is 2.33. The quantitative estimate of drug-likeness (QED) is 0.834. The minimum absolute atomic E-state index is 0.122. The molecule has 1 fully saturated rings. The number of carbonyl (C=O) groups is 1. The number of fused-ring (bicyclic) bond motifs is 1. The molecule has 4 rings (SSSR count). The molecular weight excluding hydrogens is 348 g/mol. The second-order valence-corrected chi connectivity index (χ2v) is 8.70. The van der Waals surface area contributed by atoms with E-state index in [9.17, 15) is 13.2 Å². The Morgan fingerprint density at radius 3 is 2.35 bits per heavy atom. The highest BCUT2D eigenvalue weighted by Crippen LogP contribution is 2.31. The Hall–Kier alpha value is -2.18. The van der Waals surface area contributed by atoms with Gasteiger partial charge in [-0.05, 0) is 43.0 Å². The topological polar surface area (TPSA) is 57.7 Å². The third kappa shape index (κ3) is 2.93. The Kier molecular flexibility index (Phi) is 4.54. The van der Waals surface area contributed by atoms with Crippen molar-refractivity contribution in [2.45, 2.75) is 30.6 Å². The van der Waals surface area contributed by atoms with Gasteiger partial charge in [-0.2, -0.15) is 4.31 Å². The first-order valence-electron chi connectivity index (χ1n) is 9.08. The molecule has 0 atom stereocenters. The van der Waals surface area contributed by atoms with Gasteiger partial charge in [-0.25, -0.2) is 8.42 Å². The van der Waals surface area contributed by atoms with Crippen LogP contribution in [0.15, 0.2) is 53.4 Å². The number of anilines is 1. The molecule has 5 nitrogen and oxygen atoms in total. The molecule has 136 valence electrons. The molecule has 0 radical (unpaired) electrons. The van der Waals surface area contributed by atoms with Crippen LogP contribution in [0.3, 0.4) is 0 Å². The van der Waals surface area contributed by atoms with Gasteiger partial charge in [-0.3, -0.25) is 4.79 Å². The van der Waals surface area contributed by atoms with Crippen LogP contribution in [0.5, 0.6) is 0 Å². The molecule has 0 unspecified atom stereocenters. The molecule has 0 aliphatic carbocycles. The first-order chi connectivity index (χ1) is 12.6. The van der Waals surface area contributed by atoms with Crippen molar-refractivity contribution in [3.05, 3.63) is 59.7 Å². The van der Waals surface area contributed by atoms with Crippen LogP contribution >= 0.6 is 0 Å². The molecule has 1 saturated heterocycles. The van der Waals surface area contributed by atoms with Crippen molar-refractivity contribution in [2.75, 3.05) is 24.5 Å². The monoisotopic (exact) mass is 370 g/mol. The Bertz CT molecular complexity index is 934. The van der Waals surface area contributed by atoms with E-state index in [4.69, 9.17) is 0 Å². The maximum absolute atomic E-state index is 13.2. The standard InChI is InChI=1S/C20H22N2O3S/c23-20(22-15-12-16-8-2-4-10-18(16)22)17-9-3-5-11-19(17)26(24,25)21-13-6-1-7-14-21/h2-5,8-11H,1,6-7,12-15H2. The maximum Gasteiger partial charge on any atom is 0.259 e. The summed E-state index contributed by atoms with van der Waals surface area (Å²) >= 11 is 0. The Labute approximate surface area is 154 Å². The summed E-state index contributed by atoms with van der Waals surface area (Å²) in [5, 5.41) is 0. The SMILES string of the molecule is O=C(c1ccccc1S(=O)(=O)N1CCCCC1)N1CCc2ccccc21. The summed E-state index contributed by atoms with van der Waals surface area (Å²) in [7, 11) is -3.66. The van der Waals surface area contributed by atoms with E-state index in [-0.39, 0.29) is 16.4 Å². The van der Waals surface area contributed by atoms with Gasteiger partial charge in [0.1, 0.15) is 0 Å². The second-order valence-electron chi connectivity index (χ2n) is 6.80. The molecule has 0 spiro atoms. The zero-order valence-electron chi connectivity index (χ0n) is 14.6. The summed E-state index contributed by atoms with van der Waals surface area (Å²) in [4.78, 5) is 15.0. The predicted octanol–water partition coefficient (Wildman–Crippen LogP) is 3.06. The summed E-state index contributed by atoms with van der Waals surface area (Å²) in [6, 6.07) is 14.4. The molecule has 0 N–H and O–H groups in total. The summed E-state index contributed by atoms with van der Waals surface area (Å²) < 4.78 is 27.8. The number of carbonyl (C=O) groups excluding carboxylic acids is 1. The summed E-state index contributed by atoms with van der Waals surface area (Å²) in [6.45, 7) is 1.63. The van der Waals surface area contributed by atoms with E-state index < -0.39 is 10.0 Å². The van der Waals surface area contributed by atoms with Crippen molar-refractivity contribution in [3.63, 3.8) is 0 Å². The van der Waals surface area contributed by atoms with E-state index in [0.717, 1.165) is 36.9 Å². The van der Waals surface area contributed by atoms with Crippen LogP contribution < -0.4 is 4.90 Å². The van der Waals surface area contributed by atoms with Crippen LogP contribution in [0.2, 0.25) is 0 Å². The molecule has 6 heteroatoms. The van der Waals surface area contributed by atoms with Crippen LogP contribution in [-0.4, -0.2) is 38.3 Å². The summed E-state index contributed by atoms with van der Waals surface area (Å²) in [5.41, 5.74) is 2.26. The first-order valence-corrected chi connectivity index (χ1v) is 10.5. The lowest BCUT2D eigenvalue weighted by atomic mass is 10.1. The lowest BCUT2D eigenvalue weighted by Crippen LogP contribution is -2.37. The Morgan fingerprint density at radius 2 is 1.54 bits per heavy atom. The molecule has 2 heterocycles. The molecule has 26 heavy (non-hydrogen) atoms. The molecule has 2 aliphatic rings. The van der Waals surface area contributed by atoms with E-state index in [1.165, 1.54) is 4.31 Å². The average Bonchev–Trinajstić information content (AvgIpc) is 3.12. The van der Waals surface area contributed by atoms with Gasteiger partial charge in [-0.1, -0.05) is 36.8 Å². The van der Waals surface area contributed by atoms with E-state index in [0.29, 0.717) is 19.6 Å². The fourth-order valence-electron chi connectivity index (χ4n) is 3.81. The van der Waals surface area contributed by atoms with Crippen LogP contribution in [0, 0.1) is 0 Å². The van der Waals surface area contributed by atoms with Gasteiger partial charge in [-0.15, -0.1) is 0 Å². The minimum atomic E-state index is -3.66. The lowest BCUT2D eigenvalue weighted by Gasteiger charge is -2.27. The van der Waals surface area contributed by atoms with Gasteiger partial charge in [0, 0.05) is 25.3 Å². The van der Waals surface area contributed by atoms with Crippen molar-refractivity contribution in [1.29, 1.82) is 0 Å². The van der Waals surface area contributed by atoms with Crippen molar-refractivity contribution in [3.8, 4) is 0 Å². The first kappa shape index (κ1) is 17.2. The van der Waals surface area contributed by atoms with E-state index in [2.05, 4.69) is 0 Å². The minimum Gasteiger partial charge on any atom is -0.308 e. The molecule has 2 aromatic rings. The number of amides is 1. The zero-order chi connectivity index (χ0) is 18.1. The third-order valence-corrected chi connectivity index (χ3v) is 7.14. The van der Waals surface area contributed by atoms with Crippen LogP contribution in [-0.2, 0) is 16.4 Å². The fraction of sp³-hybridized carbons (Fsp3) is 0.350. The third-order valence-electron chi connectivity index (χ3n) is 5.18. The maximum atomic E-state index is 13.2. The number of nitrogens with zero attached hydrogens (tertiary/aromatic N) is 2. The van der Waals surface area contributed by atoms with Gasteiger partial charge in [0.15, 0.2) is 0 Å². The molecule has 2 aromatic carbocycles. The van der Waals surface area contributed by atoms with Gasteiger partial charge in [0.25, 0.3) is 5.91 Å². The van der Waals surface area contributed by atoms with E-state index >= 15 is 0 Å². The highest BCUT2D eigenvalue weighted by atomic mass is 32.2. The number of hydrogen-bond acceptors (Lipinski definition) is 3. The molecule has 0 saturated carbocycles. The summed E-state index contributed by atoms with van der Waals surface area (Å²) in [6.07, 6.45) is 3.59. The number of hydrogen-bond donors (Lipinski definition) is 0. The van der Waals surface area contributed by atoms with Crippen molar-refractivity contribution in [1.82, 2.24) is 4.31 Å². The Balaban J connectivity index is 1.71. The number of benzene rings is 2. The van der Waals surface area contributed by atoms with Crippen LogP contribution in [0.25, 0.3) is 0 Å². The molecule has 2 aliphatic heterocycles. The zero-order valence-corrected chi connectivity index (χ0v) is 15.4. The highest BCUT2D eigenvalue weighted by molar-refractivity contribution is 7.89. The van der Waals surface area contributed by atoms with Gasteiger partial charge in [0.05, 0.1) is 10.5 Å². The lowest BCUT2D eigenvalue weighted by molar-refractivity contribution is 0.0986. The second kappa shape index (κ2) is 6.85. The molecule has 0 aromatic heterocycles. The van der Waals surface area contributed by atoms with Crippen LogP contribution in [0.4, 0.5) is 5.69 Å². The number of para-hydroxylation sites is 1. The van der Waals surface area contributed by atoms with Crippen molar-refractivity contribution < 1.29 is 13.2 Å². The Morgan fingerprint density at radius 1 is 0.846 bits per heavy atom. The van der Waals surface area contributed by atoms with Gasteiger partial charge < -0.3 is 4.90 Å². The number of sulfonamides is 1. The fourth-order valence-corrected chi connectivity index (χ4v) is 5.51. The van der Waals surface area contributed by atoms with Crippen molar-refractivity contribution in [2.24, 2.45) is 0 Å². The molecular formula is C20H22N2O3S. The number of rotatable bonds is 3. The smallest absolute Gasteiger partial charge is 0.259 e.